The molecule has 0 aliphatic rings. The average molecular weight is 421 g/mol. The number of aromatic nitrogens is 3. The van der Waals surface area contributed by atoms with Gasteiger partial charge in [0.25, 0.3) is 5.56 Å². The van der Waals surface area contributed by atoms with Gasteiger partial charge in [-0.15, -0.1) is 10.2 Å². The van der Waals surface area contributed by atoms with Crippen LogP contribution in [0.3, 0.4) is 0 Å². The van der Waals surface area contributed by atoms with Crippen molar-refractivity contribution in [1.29, 1.82) is 0 Å². The first-order chi connectivity index (χ1) is 15.0. The number of hydrogen-bond donors (Lipinski definition) is 1. The van der Waals surface area contributed by atoms with E-state index in [0.717, 1.165) is 17.5 Å². The largest absolute Gasteiger partial charge is 0.491 e. The zero-order valence-electron chi connectivity index (χ0n) is 18.2. The van der Waals surface area contributed by atoms with Crippen molar-refractivity contribution in [2.45, 2.75) is 45.8 Å². The number of hydrogen-bond acceptors (Lipinski definition) is 5. The summed E-state index contributed by atoms with van der Waals surface area (Å²) in [5, 5.41) is 8.23. The summed E-state index contributed by atoms with van der Waals surface area (Å²) in [4.78, 5) is 29.3. The van der Waals surface area contributed by atoms with E-state index in [0.29, 0.717) is 18.1 Å². The molecular formula is C24H28N4O3. The average Bonchev–Trinajstić information content (AvgIpc) is 2.78. The van der Waals surface area contributed by atoms with Gasteiger partial charge >= 0.3 is 0 Å². The number of H-pyrrole nitrogens is 1. The Balaban J connectivity index is 1.63. The number of aryl methyl sites for hydroxylation is 1. The van der Waals surface area contributed by atoms with Gasteiger partial charge in [-0.25, -0.2) is 0 Å². The first kappa shape index (κ1) is 22.2. The van der Waals surface area contributed by atoms with Crippen LogP contribution >= 0.6 is 0 Å². The third kappa shape index (κ3) is 6.25. The van der Waals surface area contributed by atoms with Crippen molar-refractivity contribution in [2.24, 2.45) is 0 Å². The fraction of sp³-hybridized carbons (Fsp3) is 0.333. The molecule has 1 aromatic heterocycles. The monoisotopic (exact) mass is 420 g/mol. The van der Waals surface area contributed by atoms with Gasteiger partial charge in [-0.2, -0.15) is 0 Å². The molecule has 3 rings (SSSR count). The number of carbonyl (C=O) groups excluding carboxylic acids is 1. The highest BCUT2D eigenvalue weighted by atomic mass is 16.5. The summed E-state index contributed by atoms with van der Waals surface area (Å²) in [5.41, 5.74) is 1.68. The Bertz CT molecular complexity index is 1070. The molecule has 1 atom stereocenters. The van der Waals surface area contributed by atoms with Crippen molar-refractivity contribution in [3.05, 3.63) is 76.2 Å². The Kier molecular flexibility index (Phi) is 7.54. The lowest BCUT2D eigenvalue weighted by Crippen LogP contribution is -2.27. The predicted octanol–water partition coefficient (Wildman–Crippen LogP) is 3.60. The molecule has 0 saturated heterocycles. The quantitative estimate of drug-likeness (QED) is 0.571. The maximum atomic E-state index is 12.5. The Morgan fingerprint density at radius 3 is 2.61 bits per heavy atom. The van der Waals surface area contributed by atoms with Gasteiger partial charge < -0.3 is 14.6 Å². The molecule has 162 valence electrons. The van der Waals surface area contributed by atoms with Crippen LogP contribution in [0.25, 0.3) is 11.4 Å². The van der Waals surface area contributed by atoms with E-state index in [1.165, 1.54) is 0 Å². The number of benzene rings is 2. The van der Waals surface area contributed by atoms with Crippen molar-refractivity contribution in [1.82, 2.24) is 20.1 Å². The number of ether oxygens (including phenoxy) is 1. The summed E-state index contributed by atoms with van der Waals surface area (Å²) in [6.45, 7) is 4.58. The second-order valence-corrected chi connectivity index (χ2v) is 7.55. The maximum Gasteiger partial charge on any atom is 0.273 e. The first-order valence-electron chi connectivity index (χ1n) is 10.5. The molecule has 1 heterocycles. The molecule has 7 heteroatoms. The van der Waals surface area contributed by atoms with Crippen molar-refractivity contribution in [3.63, 3.8) is 0 Å². The van der Waals surface area contributed by atoms with Crippen molar-refractivity contribution >= 4 is 5.91 Å². The number of amides is 1. The number of nitrogens with one attached hydrogen (secondary N) is 1. The molecule has 0 saturated carbocycles. The Hall–Kier alpha value is -3.48. The highest BCUT2D eigenvalue weighted by Gasteiger charge is 2.13. The molecule has 1 amide bonds. The molecule has 0 aliphatic heterocycles. The Morgan fingerprint density at radius 1 is 1.13 bits per heavy atom. The summed E-state index contributed by atoms with van der Waals surface area (Å²) in [6, 6.07) is 17.2. The highest BCUT2D eigenvalue weighted by Crippen LogP contribution is 2.21. The topological polar surface area (TPSA) is 88.2 Å². The van der Waals surface area contributed by atoms with Gasteiger partial charge in [0.1, 0.15) is 11.4 Å². The SMILES string of the molecule is CC[C@@H](C)Oc1cccc(-c2nnc(CCC(=O)N(C)Cc3ccccc3)c(=O)[nH]2)c1. The molecule has 0 radical (unpaired) electrons. The van der Waals surface area contributed by atoms with Crippen LogP contribution in [-0.4, -0.2) is 39.1 Å². The third-order valence-electron chi connectivity index (χ3n) is 5.05. The molecule has 31 heavy (non-hydrogen) atoms. The molecule has 0 fully saturated rings. The predicted molar refractivity (Wildman–Crippen MR) is 120 cm³/mol. The van der Waals surface area contributed by atoms with Crippen LogP contribution in [0, 0.1) is 0 Å². The molecule has 0 spiro atoms. The summed E-state index contributed by atoms with van der Waals surface area (Å²) >= 11 is 0. The Morgan fingerprint density at radius 2 is 1.90 bits per heavy atom. The molecular weight excluding hydrogens is 392 g/mol. The number of carbonyl (C=O) groups is 1. The summed E-state index contributed by atoms with van der Waals surface area (Å²) in [5.74, 6) is 1.03. The van der Waals surface area contributed by atoms with Crippen LogP contribution in [0.2, 0.25) is 0 Å². The zero-order valence-corrected chi connectivity index (χ0v) is 18.2. The molecule has 3 aromatic rings. The zero-order chi connectivity index (χ0) is 22.2. The van der Waals surface area contributed by atoms with Gasteiger partial charge in [0.15, 0.2) is 5.82 Å². The van der Waals surface area contributed by atoms with Crippen molar-refractivity contribution < 1.29 is 9.53 Å². The summed E-state index contributed by atoms with van der Waals surface area (Å²) in [6.07, 6.45) is 1.42. The highest BCUT2D eigenvalue weighted by molar-refractivity contribution is 5.76. The van der Waals surface area contributed by atoms with Crippen molar-refractivity contribution in [3.8, 4) is 17.1 Å². The van der Waals surface area contributed by atoms with Crippen LogP contribution in [-0.2, 0) is 17.8 Å². The normalized spacial score (nSPS) is 11.7. The minimum Gasteiger partial charge on any atom is -0.491 e. The molecule has 1 N–H and O–H groups in total. The van der Waals surface area contributed by atoms with E-state index in [-0.39, 0.29) is 36.1 Å². The Labute approximate surface area is 182 Å². The van der Waals surface area contributed by atoms with Crippen LogP contribution in [0.15, 0.2) is 59.4 Å². The molecule has 2 aromatic carbocycles. The van der Waals surface area contributed by atoms with Crippen LogP contribution in [0.1, 0.15) is 37.9 Å². The van der Waals surface area contributed by atoms with Crippen LogP contribution < -0.4 is 10.3 Å². The lowest BCUT2D eigenvalue weighted by molar-refractivity contribution is -0.130. The minimum absolute atomic E-state index is 0.0518. The van der Waals surface area contributed by atoms with Gasteiger partial charge in [-0.05, 0) is 31.0 Å². The third-order valence-corrected chi connectivity index (χ3v) is 5.05. The fourth-order valence-electron chi connectivity index (χ4n) is 3.05. The molecule has 7 nitrogen and oxygen atoms in total. The first-order valence-corrected chi connectivity index (χ1v) is 10.5. The minimum atomic E-state index is -0.336. The van der Waals surface area contributed by atoms with E-state index >= 15 is 0 Å². The summed E-state index contributed by atoms with van der Waals surface area (Å²) in [7, 11) is 1.75. The van der Waals surface area contributed by atoms with Crippen molar-refractivity contribution in [2.75, 3.05) is 7.05 Å². The van der Waals surface area contributed by atoms with E-state index in [1.54, 1.807) is 11.9 Å². The van der Waals surface area contributed by atoms with E-state index in [1.807, 2.05) is 61.5 Å². The lowest BCUT2D eigenvalue weighted by atomic mass is 10.2. The smallest absolute Gasteiger partial charge is 0.273 e. The van der Waals surface area contributed by atoms with Gasteiger partial charge in [0.05, 0.1) is 6.10 Å². The van der Waals surface area contributed by atoms with Gasteiger partial charge in [0.2, 0.25) is 5.91 Å². The fourth-order valence-corrected chi connectivity index (χ4v) is 3.05. The standard InChI is InChI=1S/C24H28N4O3/c1-4-17(2)31-20-12-8-11-19(15-20)23-25-24(30)21(26-27-23)13-14-22(29)28(3)16-18-9-6-5-7-10-18/h5-12,15,17H,4,13-14,16H2,1-3H3,(H,25,27,30)/t17-/m1/s1. The summed E-state index contributed by atoms with van der Waals surface area (Å²) < 4.78 is 5.83. The number of rotatable bonds is 9. The van der Waals surface area contributed by atoms with Crippen LogP contribution in [0.5, 0.6) is 5.75 Å². The lowest BCUT2D eigenvalue weighted by Gasteiger charge is -2.17. The van der Waals surface area contributed by atoms with E-state index < -0.39 is 0 Å². The molecule has 0 bridgehead atoms. The van der Waals surface area contributed by atoms with E-state index in [2.05, 4.69) is 22.1 Å². The molecule has 0 unspecified atom stereocenters. The van der Waals surface area contributed by atoms with Gasteiger partial charge in [-0.3, -0.25) is 9.59 Å². The second-order valence-electron chi connectivity index (χ2n) is 7.55. The van der Waals surface area contributed by atoms with Gasteiger partial charge in [-0.1, -0.05) is 49.4 Å². The second kappa shape index (κ2) is 10.5. The number of aromatic amines is 1. The van der Waals surface area contributed by atoms with E-state index in [9.17, 15) is 9.59 Å². The van der Waals surface area contributed by atoms with E-state index in [4.69, 9.17) is 4.74 Å². The number of nitrogens with zero attached hydrogens (tertiary/aromatic N) is 3. The van der Waals surface area contributed by atoms with Crippen LogP contribution in [0.4, 0.5) is 0 Å². The van der Waals surface area contributed by atoms with Gasteiger partial charge in [0, 0.05) is 32.0 Å². The maximum absolute atomic E-state index is 12.5. The molecule has 0 aliphatic carbocycles.